The first-order valence-corrected chi connectivity index (χ1v) is 10.3. The van der Waals surface area contributed by atoms with Crippen molar-refractivity contribution in [3.05, 3.63) is 0 Å². The largest absolute Gasteiger partial charge is 0.511 e. The van der Waals surface area contributed by atoms with E-state index in [4.69, 9.17) is 0 Å². The summed E-state index contributed by atoms with van der Waals surface area (Å²) in [6, 6.07) is -0.0991. The Kier molecular flexibility index (Phi) is 11.6. The van der Waals surface area contributed by atoms with E-state index >= 15 is 0 Å². The van der Waals surface area contributed by atoms with Crippen LogP contribution in [0.5, 0.6) is 0 Å². The van der Waals surface area contributed by atoms with Crippen molar-refractivity contribution in [1.29, 1.82) is 0 Å². The first-order chi connectivity index (χ1) is 12.5. The normalized spacial score (nSPS) is 18.1. The molecule has 0 radical (unpaired) electrons. The minimum Gasteiger partial charge on any atom is -0.356 e. The molecule has 1 fully saturated rings. The number of carbonyl (C=O) groups is 1. The van der Waals surface area contributed by atoms with Gasteiger partial charge >= 0.3 is 15.5 Å². The Labute approximate surface area is 181 Å². The molecule has 3 N–H and O–H groups in total. The van der Waals surface area contributed by atoms with Crippen LogP contribution in [-0.2, 0) is 14.8 Å². The summed E-state index contributed by atoms with van der Waals surface area (Å²) < 4.78 is 61.0. The van der Waals surface area contributed by atoms with Gasteiger partial charge < -0.3 is 16.0 Å². The van der Waals surface area contributed by atoms with Crippen LogP contribution < -0.4 is 16.0 Å². The van der Waals surface area contributed by atoms with Crippen LogP contribution >= 0.6 is 24.0 Å². The third kappa shape index (κ3) is 8.27. The standard InChI is InChI=1S/C15H28F3N5O3S.HI/c1-4-11(2)21-13(24)5-8-20-14(19-3)22-12-6-9-23(10-7-12)27(25,26)15(16,17)18;/h11-12H,4-10H2,1-3H3,(H,21,24)(H2,19,20,22);1H. The number of hydrogen-bond donors (Lipinski definition) is 3. The van der Waals surface area contributed by atoms with E-state index in [0.717, 1.165) is 6.42 Å². The fourth-order valence-corrected chi connectivity index (χ4v) is 3.50. The van der Waals surface area contributed by atoms with Gasteiger partial charge in [-0.3, -0.25) is 9.79 Å². The van der Waals surface area contributed by atoms with Gasteiger partial charge in [-0.2, -0.15) is 17.5 Å². The SMILES string of the molecule is CCC(C)NC(=O)CCNC(=NC)NC1CCN(S(=O)(=O)C(F)(F)F)CC1.I. The fraction of sp³-hybridized carbons (Fsp3) is 0.867. The molecule has 0 spiro atoms. The molecule has 1 unspecified atom stereocenters. The molecule has 0 saturated carbocycles. The number of nitrogens with one attached hydrogen (secondary N) is 3. The molecule has 0 aromatic heterocycles. The summed E-state index contributed by atoms with van der Waals surface area (Å²) in [5.41, 5.74) is -5.28. The van der Waals surface area contributed by atoms with Crippen molar-refractivity contribution < 1.29 is 26.4 Å². The Bertz CT molecular complexity index is 623. The lowest BCUT2D eigenvalue weighted by atomic mass is 10.1. The van der Waals surface area contributed by atoms with E-state index in [1.165, 1.54) is 7.05 Å². The number of carbonyl (C=O) groups excluding carboxylic acids is 1. The van der Waals surface area contributed by atoms with Crippen LogP contribution in [-0.4, -0.2) is 68.9 Å². The van der Waals surface area contributed by atoms with Gasteiger partial charge in [-0.05, 0) is 26.2 Å². The molecule has 28 heavy (non-hydrogen) atoms. The average molecular weight is 543 g/mol. The van der Waals surface area contributed by atoms with Crippen LogP contribution in [0, 0.1) is 0 Å². The number of amides is 1. The molecule has 0 aliphatic carbocycles. The molecule has 1 aliphatic heterocycles. The Balaban J connectivity index is 0.00000729. The lowest BCUT2D eigenvalue weighted by molar-refractivity contribution is -0.121. The fourth-order valence-electron chi connectivity index (χ4n) is 2.52. The first-order valence-electron chi connectivity index (χ1n) is 8.84. The van der Waals surface area contributed by atoms with Crippen molar-refractivity contribution in [2.75, 3.05) is 26.7 Å². The number of guanidine groups is 1. The zero-order valence-corrected chi connectivity index (χ0v) is 19.3. The highest BCUT2D eigenvalue weighted by Gasteiger charge is 2.50. The maximum Gasteiger partial charge on any atom is 0.511 e. The second-order valence-corrected chi connectivity index (χ2v) is 8.32. The van der Waals surface area contributed by atoms with Crippen LogP contribution in [0.3, 0.4) is 0 Å². The van der Waals surface area contributed by atoms with Crippen molar-refractivity contribution in [1.82, 2.24) is 20.3 Å². The molecule has 1 heterocycles. The summed E-state index contributed by atoms with van der Waals surface area (Å²) in [7, 11) is -3.74. The van der Waals surface area contributed by atoms with Gasteiger partial charge in [0.2, 0.25) is 5.91 Å². The Hall–Kier alpha value is -0.830. The average Bonchev–Trinajstić information content (AvgIpc) is 2.60. The first kappa shape index (κ1) is 27.2. The van der Waals surface area contributed by atoms with Gasteiger partial charge in [-0.1, -0.05) is 6.92 Å². The number of aliphatic imine (C=N–C) groups is 1. The highest BCUT2D eigenvalue weighted by molar-refractivity contribution is 14.0. The molecule has 166 valence electrons. The van der Waals surface area contributed by atoms with Gasteiger partial charge in [-0.25, -0.2) is 8.42 Å². The van der Waals surface area contributed by atoms with Crippen LogP contribution in [0.1, 0.15) is 39.5 Å². The smallest absolute Gasteiger partial charge is 0.356 e. The molecular weight excluding hydrogens is 514 g/mol. The van der Waals surface area contributed by atoms with Gasteiger partial charge in [0.1, 0.15) is 0 Å². The lowest BCUT2D eigenvalue weighted by Crippen LogP contribution is -2.51. The van der Waals surface area contributed by atoms with Crippen LogP contribution in [0.25, 0.3) is 0 Å². The number of nitrogens with zero attached hydrogens (tertiary/aromatic N) is 2. The van der Waals surface area contributed by atoms with E-state index in [-0.39, 0.29) is 74.3 Å². The number of halogens is 4. The van der Waals surface area contributed by atoms with Crippen LogP contribution in [0.2, 0.25) is 0 Å². The number of piperidine rings is 1. The van der Waals surface area contributed by atoms with Gasteiger partial charge in [0.15, 0.2) is 5.96 Å². The molecular formula is C15H29F3IN5O3S. The molecule has 8 nitrogen and oxygen atoms in total. The summed E-state index contributed by atoms with van der Waals surface area (Å²) in [4.78, 5) is 15.7. The second-order valence-electron chi connectivity index (χ2n) is 6.39. The summed E-state index contributed by atoms with van der Waals surface area (Å²) in [5, 5.41) is 8.86. The molecule has 1 amide bonds. The Morgan fingerprint density at radius 1 is 1.29 bits per heavy atom. The third-order valence-corrected chi connectivity index (χ3v) is 5.95. The highest BCUT2D eigenvalue weighted by atomic mass is 127. The molecule has 0 aromatic carbocycles. The quantitative estimate of drug-likeness (QED) is 0.256. The summed E-state index contributed by atoms with van der Waals surface area (Å²) in [6.07, 6.45) is 1.55. The number of rotatable bonds is 7. The third-order valence-electron chi connectivity index (χ3n) is 4.32. The summed E-state index contributed by atoms with van der Waals surface area (Å²) >= 11 is 0. The van der Waals surface area contributed by atoms with E-state index in [0.29, 0.717) is 16.8 Å². The number of sulfonamides is 1. The van der Waals surface area contributed by atoms with Crippen LogP contribution in [0.4, 0.5) is 13.2 Å². The van der Waals surface area contributed by atoms with E-state index in [2.05, 4.69) is 20.9 Å². The zero-order valence-electron chi connectivity index (χ0n) is 16.2. The van der Waals surface area contributed by atoms with Crippen molar-refractivity contribution in [2.24, 2.45) is 4.99 Å². The predicted molar refractivity (Wildman–Crippen MR) is 112 cm³/mol. The van der Waals surface area contributed by atoms with E-state index in [9.17, 15) is 26.4 Å². The maximum absolute atomic E-state index is 12.6. The molecule has 13 heteroatoms. The van der Waals surface area contributed by atoms with Crippen molar-refractivity contribution in [3.8, 4) is 0 Å². The van der Waals surface area contributed by atoms with E-state index in [1.54, 1.807) is 0 Å². The monoisotopic (exact) mass is 543 g/mol. The van der Waals surface area contributed by atoms with Gasteiger partial charge in [-0.15, -0.1) is 24.0 Å². The second kappa shape index (κ2) is 12.0. The molecule has 0 bridgehead atoms. The topological polar surface area (TPSA) is 103 Å². The van der Waals surface area contributed by atoms with Crippen molar-refractivity contribution >= 4 is 45.9 Å². The minimum atomic E-state index is -5.28. The molecule has 1 atom stereocenters. The van der Waals surface area contributed by atoms with Gasteiger partial charge in [0.05, 0.1) is 0 Å². The van der Waals surface area contributed by atoms with Gasteiger partial charge in [0.25, 0.3) is 0 Å². The maximum atomic E-state index is 12.6. The van der Waals surface area contributed by atoms with E-state index < -0.39 is 15.5 Å². The number of hydrogen-bond acceptors (Lipinski definition) is 4. The van der Waals surface area contributed by atoms with Crippen LogP contribution in [0.15, 0.2) is 4.99 Å². The Morgan fingerprint density at radius 2 is 1.86 bits per heavy atom. The van der Waals surface area contributed by atoms with Crippen molar-refractivity contribution in [2.45, 2.75) is 57.1 Å². The minimum absolute atomic E-state index is 0. The van der Waals surface area contributed by atoms with Gasteiger partial charge in [0, 0.05) is 45.2 Å². The highest BCUT2D eigenvalue weighted by Crippen LogP contribution is 2.28. The molecule has 1 rings (SSSR count). The summed E-state index contributed by atoms with van der Waals surface area (Å²) in [5.74, 6) is 0.335. The zero-order chi connectivity index (χ0) is 20.7. The molecule has 0 aromatic rings. The molecule has 1 saturated heterocycles. The van der Waals surface area contributed by atoms with Crippen molar-refractivity contribution in [3.63, 3.8) is 0 Å². The predicted octanol–water partition coefficient (Wildman–Crippen LogP) is 1.39. The van der Waals surface area contributed by atoms with E-state index in [1.807, 2.05) is 13.8 Å². The lowest BCUT2D eigenvalue weighted by Gasteiger charge is -2.32. The summed E-state index contributed by atoms with van der Waals surface area (Å²) in [6.45, 7) is 3.81. The Morgan fingerprint density at radius 3 is 2.32 bits per heavy atom. The molecule has 1 aliphatic rings. The number of alkyl halides is 3.